The maximum atomic E-state index is 12.0. The molecule has 1 aromatic rings. The van der Waals surface area contributed by atoms with E-state index in [0.717, 1.165) is 12.8 Å². The molecule has 2 N–H and O–H groups in total. The first-order valence-corrected chi connectivity index (χ1v) is 7.37. The molecule has 1 saturated carbocycles. The average Bonchev–Trinajstić information content (AvgIpc) is 3.29. The van der Waals surface area contributed by atoms with Gasteiger partial charge in [-0.25, -0.2) is 0 Å². The molecule has 10 heteroatoms. The maximum absolute atomic E-state index is 12.0. The summed E-state index contributed by atoms with van der Waals surface area (Å²) in [4.78, 5) is 26.7. The molecule has 1 aliphatic carbocycles. The Morgan fingerprint density at radius 1 is 1.27 bits per heavy atom. The van der Waals surface area contributed by atoms with Gasteiger partial charge in [-0.15, -0.1) is 9.90 Å². The Kier molecular flexibility index (Phi) is 4.18. The third-order valence-corrected chi connectivity index (χ3v) is 3.69. The molecule has 22 heavy (non-hydrogen) atoms. The number of ether oxygens (including phenoxy) is 1. The highest BCUT2D eigenvalue weighted by molar-refractivity contribution is 5.85. The lowest BCUT2D eigenvalue weighted by Gasteiger charge is -2.24. The van der Waals surface area contributed by atoms with Crippen molar-refractivity contribution < 1.29 is 14.3 Å². The Hall–Kier alpha value is -2.23. The molecule has 120 valence electrons. The van der Waals surface area contributed by atoms with E-state index in [1.54, 1.807) is 6.92 Å². The van der Waals surface area contributed by atoms with E-state index in [0.29, 0.717) is 32.3 Å². The number of hydrogen-bond donors (Lipinski definition) is 2. The number of aromatic nitrogens is 4. The highest BCUT2D eigenvalue weighted by atomic mass is 16.5. The number of nitrogens with one attached hydrogen (secondary N) is 2. The Morgan fingerprint density at radius 3 is 2.68 bits per heavy atom. The molecular formula is C12H19N7O3. The van der Waals surface area contributed by atoms with Gasteiger partial charge in [-0.3, -0.25) is 20.4 Å². The van der Waals surface area contributed by atoms with E-state index in [-0.39, 0.29) is 17.7 Å². The minimum atomic E-state index is -0.665. The minimum Gasteiger partial charge on any atom is -0.378 e. The zero-order chi connectivity index (χ0) is 15.5. The standard InChI is InChI=1S/C12H19N7O3/c1-8(10(20)13-14-11(21)9-2-3-9)19-16-12(15-17-19)18-4-6-22-7-5-18/h8-9H,2-7H2,1H3,(H,13,20)(H,14,21)/t8-/m1/s1. The molecule has 1 saturated heterocycles. The van der Waals surface area contributed by atoms with Gasteiger partial charge in [0.05, 0.1) is 13.2 Å². The number of anilines is 1. The van der Waals surface area contributed by atoms with E-state index >= 15 is 0 Å². The second-order valence-corrected chi connectivity index (χ2v) is 5.44. The minimum absolute atomic E-state index is 0.0352. The zero-order valence-electron chi connectivity index (χ0n) is 12.4. The van der Waals surface area contributed by atoms with Crippen LogP contribution in [-0.2, 0) is 14.3 Å². The Bertz CT molecular complexity index is 551. The van der Waals surface area contributed by atoms with Crippen molar-refractivity contribution in [1.82, 2.24) is 31.1 Å². The van der Waals surface area contributed by atoms with E-state index in [1.165, 1.54) is 4.80 Å². The number of hydrogen-bond acceptors (Lipinski definition) is 7. The van der Waals surface area contributed by atoms with E-state index in [2.05, 4.69) is 26.3 Å². The number of nitrogens with zero attached hydrogens (tertiary/aromatic N) is 5. The molecule has 1 aliphatic heterocycles. The number of tetrazole rings is 1. The van der Waals surface area contributed by atoms with Crippen molar-refractivity contribution in [2.45, 2.75) is 25.8 Å². The topological polar surface area (TPSA) is 114 Å². The lowest BCUT2D eigenvalue weighted by molar-refractivity contribution is -0.131. The highest BCUT2D eigenvalue weighted by Gasteiger charge is 2.30. The molecule has 2 amide bonds. The van der Waals surface area contributed by atoms with Crippen LogP contribution in [0.1, 0.15) is 25.8 Å². The van der Waals surface area contributed by atoms with Crippen molar-refractivity contribution >= 4 is 17.8 Å². The summed E-state index contributed by atoms with van der Waals surface area (Å²) in [5.41, 5.74) is 4.80. The largest absolute Gasteiger partial charge is 0.378 e. The fourth-order valence-electron chi connectivity index (χ4n) is 2.05. The fraction of sp³-hybridized carbons (Fsp3) is 0.750. The third-order valence-electron chi connectivity index (χ3n) is 3.69. The predicted octanol–water partition coefficient (Wildman–Crippen LogP) is -1.37. The molecule has 0 unspecified atom stereocenters. The van der Waals surface area contributed by atoms with Crippen molar-refractivity contribution in [1.29, 1.82) is 0 Å². The number of rotatable bonds is 4. The first kappa shape index (κ1) is 14.7. The summed E-state index contributed by atoms with van der Waals surface area (Å²) in [6.45, 7) is 4.28. The van der Waals surface area contributed by atoms with Crippen LogP contribution in [0.4, 0.5) is 5.95 Å². The molecular weight excluding hydrogens is 290 g/mol. The number of hydrazine groups is 1. The van der Waals surface area contributed by atoms with Crippen molar-refractivity contribution in [3.63, 3.8) is 0 Å². The quantitative estimate of drug-likeness (QED) is 0.659. The van der Waals surface area contributed by atoms with Gasteiger partial charge in [0.25, 0.3) is 11.9 Å². The first-order valence-electron chi connectivity index (χ1n) is 7.37. The molecule has 0 bridgehead atoms. The van der Waals surface area contributed by atoms with Gasteiger partial charge >= 0.3 is 0 Å². The predicted molar refractivity (Wildman–Crippen MR) is 74.6 cm³/mol. The summed E-state index contributed by atoms with van der Waals surface area (Å²) in [6.07, 6.45) is 1.76. The van der Waals surface area contributed by atoms with Crippen molar-refractivity contribution in [3.05, 3.63) is 0 Å². The average molecular weight is 309 g/mol. The molecule has 1 atom stereocenters. The molecule has 0 radical (unpaired) electrons. The van der Waals surface area contributed by atoms with Crippen LogP contribution in [0.2, 0.25) is 0 Å². The number of morpholine rings is 1. The van der Waals surface area contributed by atoms with Gasteiger partial charge in [-0.1, -0.05) is 5.10 Å². The fourth-order valence-corrected chi connectivity index (χ4v) is 2.05. The second-order valence-electron chi connectivity index (χ2n) is 5.44. The summed E-state index contributed by atoms with van der Waals surface area (Å²) >= 11 is 0. The first-order chi connectivity index (χ1) is 10.6. The summed E-state index contributed by atoms with van der Waals surface area (Å²) < 4.78 is 5.26. The van der Waals surface area contributed by atoms with Gasteiger partial charge in [-0.2, -0.15) is 0 Å². The van der Waals surface area contributed by atoms with Crippen LogP contribution in [0, 0.1) is 5.92 Å². The third kappa shape index (κ3) is 3.32. The maximum Gasteiger partial charge on any atom is 0.266 e. The van der Waals surface area contributed by atoms with Crippen LogP contribution in [0.15, 0.2) is 0 Å². The monoisotopic (exact) mass is 309 g/mol. The van der Waals surface area contributed by atoms with Gasteiger partial charge < -0.3 is 9.64 Å². The van der Waals surface area contributed by atoms with Crippen LogP contribution >= 0.6 is 0 Å². The van der Waals surface area contributed by atoms with Gasteiger partial charge in [-0.05, 0) is 25.0 Å². The lowest BCUT2D eigenvalue weighted by Crippen LogP contribution is -2.45. The van der Waals surface area contributed by atoms with E-state index < -0.39 is 6.04 Å². The molecule has 3 rings (SSSR count). The molecule has 10 nitrogen and oxygen atoms in total. The molecule has 2 heterocycles. The normalized spacial score (nSPS) is 19.6. The van der Waals surface area contributed by atoms with E-state index in [4.69, 9.17) is 4.74 Å². The van der Waals surface area contributed by atoms with Crippen LogP contribution in [-0.4, -0.2) is 58.3 Å². The molecule has 2 fully saturated rings. The van der Waals surface area contributed by atoms with Crippen LogP contribution in [0.5, 0.6) is 0 Å². The van der Waals surface area contributed by atoms with Gasteiger partial charge in [0, 0.05) is 19.0 Å². The van der Waals surface area contributed by atoms with Crippen LogP contribution < -0.4 is 15.8 Å². The van der Waals surface area contributed by atoms with Crippen LogP contribution in [0.25, 0.3) is 0 Å². The number of carbonyl (C=O) groups is 2. The van der Waals surface area contributed by atoms with Crippen molar-refractivity contribution in [3.8, 4) is 0 Å². The summed E-state index contributed by atoms with van der Waals surface area (Å²) in [5, 5.41) is 12.1. The summed E-state index contributed by atoms with van der Waals surface area (Å²) in [6, 6.07) is -0.665. The Balaban J connectivity index is 1.54. The Morgan fingerprint density at radius 2 is 2.00 bits per heavy atom. The number of carbonyl (C=O) groups excluding carboxylic acids is 2. The molecule has 2 aliphatic rings. The lowest BCUT2D eigenvalue weighted by atomic mass is 10.3. The van der Waals surface area contributed by atoms with Crippen molar-refractivity contribution in [2.75, 3.05) is 31.2 Å². The molecule has 0 aromatic carbocycles. The van der Waals surface area contributed by atoms with Crippen LogP contribution in [0.3, 0.4) is 0 Å². The summed E-state index contributed by atoms with van der Waals surface area (Å²) in [7, 11) is 0. The Labute approximate surface area is 127 Å². The molecule has 0 spiro atoms. The van der Waals surface area contributed by atoms with Gasteiger partial charge in [0.2, 0.25) is 5.91 Å². The number of amides is 2. The van der Waals surface area contributed by atoms with Gasteiger partial charge in [0.1, 0.15) is 0 Å². The molecule has 1 aromatic heterocycles. The smallest absolute Gasteiger partial charge is 0.266 e. The summed E-state index contributed by atoms with van der Waals surface area (Å²) in [5.74, 6) is -0.0287. The van der Waals surface area contributed by atoms with E-state index in [1.807, 2.05) is 4.90 Å². The zero-order valence-corrected chi connectivity index (χ0v) is 12.4. The van der Waals surface area contributed by atoms with Crippen molar-refractivity contribution in [2.24, 2.45) is 5.92 Å². The highest BCUT2D eigenvalue weighted by Crippen LogP contribution is 2.28. The SMILES string of the molecule is C[C@H](C(=O)NNC(=O)C1CC1)n1nnc(N2CCOCC2)n1. The van der Waals surface area contributed by atoms with Gasteiger partial charge in [0.15, 0.2) is 6.04 Å². The second kappa shape index (κ2) is 6.26. The van der Waals surface area contributed by atoms with E-state index in [9.17, 15) is 9.59 Å².